The second kappa shape index (κ2) is 11.9. The van der Waals surface area contributed by atoms with Crippen LogP contribution in [-0.4, -0.2) is 73.9 Å². The lowest BCUT2D eigenvalue weighted by molar-refractivity contribution is -0.00943. The van der Waals surface area contributed by atoms with E-state index in [4.69, 9.17) is 14.6 Å². The Morgan fingerprint density at radius 3 is 2.33 bits per heavy atom. The van der Waals surface area contributed by atoms with Gasteiger partial charge in [0.15, 0.2) is 0 Å². The van der Waals surface area contributed by atoms with Crippen molar-refractivity contribution in [3.63, 3.8) is 0 Å². The highest BCUT2D eigenvalue weighted by Crippen LogP contribution is 2.09. The van der Waals surface area contributed by atoms with Crippen LogP contribution in [0.15, 0.2) is 0 Å². The van der Waals surface area contributed by atoms with Gasteiger partial charge in [0.25, 0.3) is 0 Å². The standard InChI is InChI=1S/C13H29NO4/c1-4-12(5-2)14(6-7-15)10-13(16)11-18-9-8-17-3/h12-13,15-16H,4-11H2,1-3H3. The topological polar surface area (TPSA) is 62.2 Å². The van der Waals surface area contributed by atoms with Gasteiger partial charge in [0, 0.05) is 26.2 Å². The Hall–Kier alpha value is -0.200. The maximum absolute atomic E-state index is 9.90. The second-order valence-corrected chi connectivity index (χ2v) is 4.41. The summed E-state index contributed by atoms with van der Waals surface area (Å²) in [5, 5.41) is 19.0. The predicted octanol–water partition coefficient (Wildman–Crippen LogP) is 0.493. The minimum atomic E-state index is -0.519. The Morgan fingerprint density at radius 1 is 1.17 bits per heavy atom. The molecule has 18 heavy (non-hydrogen) atoms. The van der Waals surface area contributed by atoms with Crippen molar-refractivity contribution < 1.29 is 19.7 Å². The Kier molecular flexibility index (Phi) is 11.7. The van der Waals surface area contributed by atoms with Crippen LogP contribution in [0, 0.1) is 0 Å². The maximum Gasteiger partial charge on any atom is 0.0900 e. The van der Waals surface area contributed by atoms with Gasteiger partial charge >= 0.3 is 0 Å². The zero-order valence-corrected chi connectivity index (χ0v) is 12.0. The smallest absolute Gasteiger partial charge is 0.0900 e. The normalized spacial score (nSPS) is 13.5. The van der Waals surface area contributed by atoms with Crippen LogP contribution in [0.3, 0.4) is 0 Å². The van der Waals surface area contributed by atoms with E-state index in [1.807, 2.05) is 0 Å². The molecule has 1 unspecified atom stereocenters. The Balaban J connectivity index is 3.98. The fourth-order valence-electron chi connectivity index (χ4n) is 2.04. The van der Waals surface area contributed by atoms with Crippen molar-refractivity contribution in [1.82, 2.24) is 4.90 Å². The first-order valence-electron chi connectivity index (χ1n) is 6.79. The van der Waals surface area contributed by atoms with Gasteiger partial charge in [0.2, 0.25) is 0 Å². The average molecular weight is 263 g/mol. The van der Waals surface area contributed by atoms with Gasteiger partial charge in [0.05, 0.1) is 32.5 Å². The van der Waals surface area contributed by atoms with Crippen molar-refractivity contribution in [3.05, 3.63) is 0 Å². The number of aliphatic hydroxyl groups excluding tert-OH is 2. The summed E-state index contributed by atoms with van der Waals surface area (Å²) in [6.45, 7) is 6.86. The number of hydrogen-bond acceptors (Lipinski definition) is 5. The zero-order valence-electron chi connectivity index (χ0n) is 12.0. The highest BCUT2D eigenvalue weighted by molar-refractivity contribution is 4.72. The first kappa shape index (κ1) is 17.8. The van der Waals surface area contributed by atoms with Crippen molar-refractivity contribution in [2.24, 2.45) is 0 Å². The minimum absolute atomic E-state index is 0.119. The Labute approximate surface area is 111 Å². The molecular formula is C13H29NO4. The Morgan fingerprint density at radius 2 is 1.83 bits per heavy atom. The molecule has 0 heterocycles. The molecule has 0 aromatic carbocycles. The number of nitrogens with zero attached hydrogens (tertiary/aromatic N) is 1. The molecule has 0 bridgehead atoms. The molecule has 0 fully saturated rings. The number of hydrogen-bond donors (Lipinski definition) is 2. The van der Waals surface area contributed by atoms with Crippen LogP contribution >= 0.6 is 0 Å². The molecule has 5 heteroatoms. The molecule has 0 spiro atoms. The summed E-state index contributed by atoms with van der Waals surface area (Å²) >= 11 is 0. The van der Waals surface area contributed by atoms with Crippen LogP contribution in [0.1, 0.15) is 26.7 Å². The minimum Gasteiger partial charge on any atom is -0.395 e. The number of ether oxygens (including phenoxy) is 2. The van der Waals surface area contributed by atoms with Gasteiger partial charge < -0.3 is 19.7 Å². The van der Waals surface area contributed by atoms with Gasteiger partial charge in [-0.25, -0.2) is 0 Å². The summed E-state index contributed by atoms with van der Waals surface area (Å²) in [5.41, 5.74) is 0. The van der Waals surface area contributed by atoms with Gasteiger partial charge in [-0.05, 0) is 12.8 Å². The molecule has 0 amide bonds. The van der Waals surface area contributed by atoms with Crippen LogP contribution in [0.25, 0.3) is 0 Å². The largest absolute Gasteiger partial charge is 0.395 e. The number of methoxy groups -OCH3 is 1. The van der Waals surface area contributed by atoms with E-state index >= 15 is 0 Å². The van der Waals surface area contributed by atoms with E-state index in [-0.39, 0.29) is 6.61 Å². The fourth-order valence-corrected chi connectivity index (χ4v) is 2.04. The van der Waals surface area contributed by atoms with E-state index in [1.54, 1.807) is 7.11 Å². The summed E-state index contributed by atoms with van der Waals surface area (Å²) in [4.78, 5) is 2.13. The van der Waals surface area contributed by atoms with Crippen LogP contribution in [0.5, 0.6) is 0 Å². The summed E-state index contributed by atoms with van der Waals surface area (Å²) in [7, 11) is 1.62. The first-order chi connectivity index (χ1) is 8.69. The molecule has 0 rings (SSSR count). The molecule has 0 aromatic heterocycles. The second-order valence-electron chi connectivity index (χ2n) is 4.41. The third-order valence-corrected chi connectivity index (χ3v) is 3.03. The van der Waals surface area contributed by atoms with E-state index in [0.29, 0.717) is 39.0 Å². The lowest BCUT2D eigenvalue weighted by Gasteiger charge is -2.31. The molecule has 0 saturated heterocycles. The number of rotatable bonds is 12. The first-order valence-corrected chi connectivity index (χ1v) is 6.79. The van der Waals surface area contributed by atoms with Gasteiger partial charge in [-0.15, -0.1) is 0 Å². The van der Waals surface area contributed by atoms with E-state index < -0.39 is 6.10 Å². The lowest BCUT2D eigenvalue weighted by Crippen LogP contribution is -2.43. The predicted molar refractivity (Wildman–Crippen MR) is 71.7 cm³/mol. The monoisotopic (exact) mass is 263 g/mol. The quantitative estimate of drug-likeness (QED) is 0.502. The van der Waals surface area contributed by atoms with E-state index in [0.717, 1.165) is 12.8 Å². The summed E-state index contributed by atoms with van der Waals surface area (Å²) in [5.74, 6) is 0. The maximum atomic E-state index is 9.90. The molecular weight excluding hydrogens is 234 g/mol. The van der Waals surface area contributed by atoms with Gasteiger partial charge in [-0.1, -0.05) is 13.8 Å². The van der Waals surface area contributed by atoms with E-state index in [9.17, 15) is 5.11 Å². The van der Waals surface area contributed by atoms with Crippen molar-refractivity contribution in [2.45, 2.75) is 38.8 Å². The molecule has 0 aliphatic heterocycles. The van der Waals surface area contributed by atoms with Gasteiger partial charge in [-0.3, -0.25) is 4.90 Å². The van der Waals surface area contributed by atoms with E-state index in [2.05, 4.69) is 18.7 Å². The van der Waals surface area contributed by atoms with Crippen LogP contribution < -0.4 is 0 Å². The fraction of sp³-hybridized carbons (Fsp3) is 1.00. The zero-order chi connectivity index (χ0) is 13.8. The molecule has 0 aromatic rings. The summed E-state index contributed by atoms with van der Waals surface area (Å²) < 4.78 is 10.2. The van der Waals surface area contributed by atoms with Gasteiger partial charge in [-0.2, -0.15) is 0 Å². The van der Waals surface area contributed by atoms with Crippen molar-refractivity contribution in [1.29, 1.82) is 0 Å². The van der Waals surface area contributed by atoms with Crippen molar-refractivity contribution in [2.75, 3.05) is 46.6 Å². The molecule has 2 N–H and O–H groups in total. The van der Waals surface area contributed by atoms with E-state index in [1.165, 1.54) is 0 Å². The Bertz CT molecular complexity index is 176. The molecule has 110 valence electrons. The van der Waals surface area contributed by atoms with Crippen molar-refractivity contribution >= 4 is 0 Å². The molecule has 0 saturated carbocycles. The van der Waals surface area contributed by atoms with Crippen LogP contribution in [-0.2, 0) is 9.47 Å². The molecule has 5 nitrogen and oxygen atoms in total. The molecule has 0 aliphatic rings. The SMILES string of the molecule is CCC(CC)N(CCO)CC(O)COCCOC. The van der Waals surface area contributed by atoms with Crippen LogP contribution in [0.2, 0.25) is 0 Å². The molecule has 0 aliphatic carbocycles. The molecule has 1 atom stereocenters. The third-order valence-electron chi connectivity index (χ3n) is 3.03. The average Bonchev–Trinajstić information content (AvgIpc) is 2.36. The van der Waals surface area contributed by atoms with Crippen LogP contribution in [0.4, 0.5) is 0 Å². The van der Waals surface area contributed by atoms with Crippen molar-refractivity contribution in [3.8, 4) is 0 Å². The summed E-state index contributed by atoms with van der Waals surface area (Å²) in [6, 6.07) is 0.408. The summed E-state index contributed by atoms with van der Waals surface area (Å²) in [6.07, 6.45) is 1.52. The number of aliphatic hydroxyl groups is 2. The lowest BCUT2D eigenvalue weighted by atomic mass is 10.1. The highest BCUT2D eigenvalue weighted by Gasteiger charge is 2.18. The third kappa shape index (κ3) is 8.00. The highest BCUT2D eigenvalue weighted by atomic mass is 16.5. The molecule has 0 radical (unpaired) electrons. The van der Waals surface area contributed by atoms with Gasteiger partial charge in [0.1, 0.15) is 0 Å².